The van der Waals surface area contributed by atoms with Gasteiger partial charge in [0, 0.05) is 52.7 Å². The smallest absolute Gasteiger partial charge is 0.191 e. The third-order valence-electron chi connectivity index (χ3n) is 3.40. The number of rotatable bonds is 11. The fourth-order valence-corrected chi connectivity index (χ4v) is 2.22. The maximum Gasteiger partial charge on any atom is 0.191 e. The average molecular weight is 443 g/mol. The summed E-state index contributed by atoms with van der Waals surface area (Å²) in [6.45, 7) is 10.6. The highest BCUT2D eigenvalue weighted by Gasteiger charge is 2.13. The van der Waals surface area contributed by atoms with Gasteiger partial charge in [0.1, 0.15) is 0 Å². The molecule has 7 heteroatoms. The van der Waals surface area contributed by atoms with Gasteiger partial charge >= 0.3 is 0 Å². The summed E-state index contributed by atoms with van der Waals surface area (Å²) in [6, 6.07) is 0. The summed E-state index contributed by atoms with van der Waals surface area (Å²) < 4.78 is 16.5. The average Bonchev–Trinajstić information content (AvgIpc) is 2.55. The first-order chi connectivity index (χ1) is 10.9. The van der Waals surface area contributed by atoms with E-state index in [4.69, 9.17) is 14.2 Å². The Morgan fingerprint density at radius 2 is 1.91 bits per heavy atom. The number of ether oxygens (including phenoxy) is 3. The minimum absolute atomic E-state index is 0. The van der Waals surface area contributed by atoms with Crippen molar-refractivity contribution < 1.29 is 14.2 Å². The van der Waals surface area contributed by atoms with Gasteiger partial charge < -0.3 is 24.8 Å². The van der Waals surface area contributed by atoms with Crippen molar-refractivity contribution >= 4 is 29.9 Å². The number of hydrogen-bond acceptors (Lipinski definition) is 4. The molecule has 0 bridgehead atoms. The molecule has 0 unspecified atom stereocenters. The first-order valence-corrected chi connectivity index (χ1v) is 8.66. The Kier molecular flexibility index (Phi) is 16.6. The second-order valence-corrected chi connectivity index (χ2v) is 5.27. The highest BCUT2D eigenvalue weighted by Crippen LogP contribution is 2.10. The lowest BCUT2D eigenvalue weighted by Gasteiger charge is -2.22. The standard InChI is InChI=1S/C16H33N3O3.HI/c1-3-17-16(18-9-5-11-20-4-2)19-10-6-12-22-15-7-13-21-14-8-15;/h15H,3-14H2,1-2H3,(H2,17,18,19);1H. The lowest BCUT2D eigenvalue weighted by molar-refractivity contribution is -0.0320. The number of nitrogens with one attached hydrogen (secondary N) is 2. The van der Waals surface area contributed by atoms with Gasteiger partial charge in [-0.1, -0.05) is 0 Å². The van der Waals surface area contributed by atoms with Gasteiger partial charge in [-0.3, -0.25) is 4.99 Å². The Morgan fingerprint density at radius 1 is 1.13 bits per heavy atom. The molecule has 1 aliphatic heterocycles. The van der Waals surface area contributed by atoms with Crippen molar-refractivity contribution in [2.45, 2.75) is 45.6 Å². The molecule has 0 aromatic heterocycles. The summed E-state index contributed by atoms with van der Waals surface area (Å²) >= 11 is 0. The fraction of sp³-hybridized carbons (Fsp3) is 0.938. The van der Waals surface area contributed by atoms with E-state index in [0.717, 1.165) is 84.3 Å². The molecule has 0 atom stereocenters. The summed E-state index contributed by atoms with van der Waals surface area (Å²) in [5.41, 5.74) is 0. The van der Waals surface area contributed by atoms with Gasteiger partial charge in [0.2, 0.25) is 0 Å². The predicted molar refractivity (Wildman–Crippen MR) is 105 cm³/mol. The fourth-order valence-electron chi connectivity index (χ4n) is 2.22. The quantitative estimate of drug-likeness (QED) is 0.222. The number of nitrogens with zero attached hydrogens (tertiary/aromatic N) is 1. The van der Waals surface area contributed by atoms with Crippen molar-refractivity contribution in [1.82, 2.24) is 10.6 Å². The Labute approximate surface area is 158 Å². The summed E-state index contributed by atoms with van der Waals surface area (Å²) in [5.74, 6) is 0.880. The molecule has 2 N–H and O–H groups in total. The van der Waals surface area contributed by atoms with Crippen molar-refractivity contribution in [3.63, 3.8) is 0 Å². The molecule has 1 saturated heterocycles. The summed E-state index contributed by atoms with van der Waals surface area (Å²) in [6.07, 6.45) is 4.38. The molecule has 1 fully saturated rings. The zero-order valence-corrected chi connectivity index (χ0v) is 17.0. The van der Waals surface area contributed by atoms with E-state index >= 15 is 0 Å². The first kappa shape index (κ1) is 22.9. The molecule has 0 aromatic carbocycles. The van der Waals surface area contributed by atoms with E-state index in [1.807, 2.05) is 6.92 Å². The number of hydrogen-bond donors (Lipinski definition) is 2. The normalized spacial score (nSPS) is 16.0. The van der Waals surface area contributed by atoms with Gasteiger partial charge in [-0.2, -0.15) is 0 Å². The molecule has 0 saturated carbocycles. The summed E-state index contributed by atoms with van der Waals surface area (Å²) in [5, 5.41) is 6.60. The summed E-state index contributed by atoms with van der Waals surface area (Å²) in [7, 11) is 0. The third-order valence-corrected chi connectivity index (χ3v) is 3.40. The van der Waals surface area contributed by atoms with Crippen molar-refractivity contribution in [3.05, 3.63) is 0 Å². The van der Waals surface area contributed by atoms with Crippen molar-refractivity contribution in [2.75, 3.05) is 52.7 Å². The SMILES string of the molecule is CCNC(=NCCCOCC)NCCCOC1CCOCC1.I. The van der Waals surface area contributed by atoms with E-state index in [2.05, 4.69) is 22.5 Å². The predicted octanol–water partition coefficient (Wildman–Crippen LogP) is 2.17. The molecule has 0 aliphatic carbocycles. The molecule has 6 nitrogen and oxygen atoms in total. The van der Waals surface area contributed by atoms with Crippen LogP contribution in [-0.4, -0.2) is 64.7 Å². The largest absolute Gasteiger partial charge is 0.382 e. The van der Waals surface area contributed by atoms with Crippen LogP contribution in [0.25, 0.3) is 0 Å². The van der Waals surface area contributed by atoms with Gasteiger partial charge in [-0.15, -0.1) is 24.0 Å². The monoisotopic (exact) mass is 443 g/mol. The lowest BCUT2D eigenvalue weighted by Crippen LogP contribution is -2.38. The Bertz CT molecular complexity index is 288. The van der Waals surface area contributed by atoms with Crippen molar-refractivity contribution in [2.24, 2.45) is 4.99 Å². The third kappa shape index (κ3) is 12.9. The highest BCUT2D eigenvalue weighted by atomic mass is 127. The van der Waals surface area contributed by atoms with Crippen LogP contribution in [-0.2, 0) is 14.2 Å². The van der Waals surface area contributed by atoms with Crippen LogP contribution >= 0.6 is 24.0 Å². The van der Waals surface area contributed by atoms with Crippen LogP contribution in [0.1, 0.15) is 39.5 Å². The van der Waals surface area contributed by atoms with Crippen molar-refractivity contribution in [1.29, 1.82) is 0 Å². The zero-order valence-electron chi connectivity index (χ0n) is 14.6. The number of halogens is 1. The van der Waals surface area contributed by atoms with E-state index in [-0.39, 0.29) is 24.0 Å². The van der Waals surface area contributed by atoms with E-state index < -0.39 is 0 Å². The molecule has 0 aromatic rings. The van der Waals surface area contributed by atoms with Crippen LogP contribution in [0.5, 0.6) is 0 Å². The van der Waals surface area contributed by atoms with Gasteiger partial charge in [0.15, 0.2) is 5.96 Å². The molecule has 0 spiro atoms. The maximum atomic E-state index is 5.85. The molecular weight excluding hydrogens is 409 g/mol. The minimum atomic E-state index is 0. The lowest BCUT2D eigenvalue weighted by atomic mass is 10.1. The van der Waals surface area contributed by atoms with Gasteiger partial charge in [0.05, 0.1) is 6.10 Å². The first-order valence-electron chi connectivity index (χ1n) is 8.66. The van der Waals surface area contributed by atoms with Crippen LogP contribution in [0.4, 0.5) is 0 Å². The summed E-state index contributed by atoms with van der Waals surface area (Å²) in [4.78, 5) is 4.53. The Morgan fingerprint density at radius 3 is 2.61 bits per heavy atom. The van der Waals surface area contributed by atoms with Crippen LogP contribution in [0.15, 0.2) is 4.99 Å². The van der Waals surface area contributed by atoms with Crippen LogP contribution in [0, 0.1) is 0 Å². The van der Waals surface area contributed by atoms with E-state index in [1.54, 1.807) is 0 Å². The van der Waals surface area contributed by atoms with E-state index in [1.165, 1.54) is 0 Å². The van der Waals surface area contributed by atoms with Gasteiger partial charge in [-0.25, -0.2) is 0 Å². The highest BCUT2D eigenvalue weighted by molar-refractivity contribution is 14.0. The van der Waals surface area contributed by atoms with E-state index in [9.17, 15) is 0 Å². The Balaban J connectivity index is 0.00000484. The Hall–Kier alpha value is -0.120. The van der Waals surface area contributed by atoms with Crippen LogP contribution in [0.3, 0.4) is 0 Å². The minimum Gasteiger partial charge on any atom is -0.382 e. The van der Waals surface area contributed by atoms with Crippen LogP contribution < -0.4 is 10.6 Å². The second-order valence-electron chi connectivity index (χ2n) is 5.27. The van der Waals surface area contributed by atoms with Gasteiger partial charge in [-0.05, 0) is 39.5 Å². The molecule has 0 radical (unpaired) electrons. The molecule has 1 aliphatic rings. The molecular formula is C16H34IN3O3. The van der Waals surface area contributed by atoms with Crippen LogP contribution in [0.2, 0.25) is 0 Å². The molecule has 138 valence electrons. The van der Waals surface area contributed by atoms with Gasteiger partial charge in [0.25, 0.3) is 0 Å². The maximum absolute atomic E-state index is 5.85. The molecule has 1 heterocycles. The molecule has 1 rings (SSSR count). The van der Waals surface area contributed by atoms with E-state index in [0.29, 0.717) is 6.10 Å². The zero-order chi connectivity index (χ0) is 15.9. The number of guanidine groups is 1. The number of aliphatic imine (C=N–C) groups is 1. The topological polar surface area (TPSA) is 64.1 Å². The second kappa shape index (κ2) is 16.7. The molecule has 23 heavy (non-hydrogen) atoms. The molecule has 0 amide bonds. The van der Waals surface area contributed by atoms with Crippen molar-refractivity contribution in [3.8, 4) is 0 Å².